The van der Waals surface area contributed by atoms with Gasteiger partial charge in [-0.05, 0) is 54.0 Å². The van der Waals surface area contributed by atoms with Crippen LogP contribution in [0.3, 0.4) is 0 Å². The van der Waals surface area contributed by atoms with Crippen LogP contribution in [0.5, 0.6) is 0 Å². The highest BCUT2D eigenvalue weighted by Crippen LogP contribution is 2.30. The van der Waals surface area contributed by atoms with Crippen LogP contribution in [0.1, 0.15) is 16.7 Å². The number of fused-ring (bicyclic) bond motifs is 2. The van der Waals surface area contributed by atoms with Crippen LogP contribution in [0.4, 0.5) is 0 Å². The molecule has 0 atom stereocenters. The molecule has 0 radical (unpaired) electrons. The van der Waals surface area contributed by atoms with Gasteiger partial charge in [0.15, 0.2) is 6.20 Å². The summed E-state index contributed by atoms with van der Waals surface area (Å²) >= 11 is 0. The van der Waals surface area contributed by atoms with E-state index in [1.807, 2.05) is 0 Å². The highest BCUT2D eigenvalue weighted by Gasteiger charge is 2.19. The van der Waals surface area contributed by atoms with Gasteiger partial charge in [0.2, 0.25) is 5.69 Å². The Balaban J connectivity index is 2.02. The molecule has 3 aromatic rings. The summed E-state index contributed by atoms with van der Waals surface area (Å²) in [6.07, 6.45) is 4.20. The Morgan fingerprint density at radius 3 is 2.48 bits per heavy atom. The standard InChI is InChI=1S/C21H22NO/c1-15-5-3-4-6-19(15)21-20-14-17-9-12-23-11-8-16(17)13-18(20)7-10-22(21)2/h3-7,10,13-14H,8-9,11-12H2,1-2H3/q+1. The van der Waals surface area contributed by atoms with Crippen LogP contribution in [0.25, 0.3) is 22.0 Å². The molecular weight excluding hydrogens is 282 g/mol. The zero-order valence-corrected chi connectivity index (χ0v) is 13.8. The summed E-state index contributed by atoms with van der Waals surface area (Å²) in [7, 11) is 2.13. The van der Waals surface area contributed by atoms with Crippen molar-refractivity contribution >= 4 is 10.8 Å². The quantitative estimate of drug-likeness (QED) is 0.624. The van der Waals surface area contributed by atoms with Crippen LogP contribution in [0.15, 0.2) is 48.7 Å². The number of hydrogen-bond donors (Lipinski definition) is 0. The summed E-state index contributed by atoms with van der Waals surface area (Å²) in [4.78, 5) is 0. The van der Waals surface area contributed by atoms with Gasteiger partial charge in [-0.25, -0.2) is 4.57 Å². The first-order chi connectivity index (χ1) is 11.2. The normalized spacial score (nSPS) is 14.5. The van der Waals surface area contributed by atoms with E-state index in [0.717, 1.165) is 26.1 Å². The van der Waals surface area contributed by atoms with Gasteiger partial charge in [0.1, 0.15) is 7.05 Å². The molecule has 0 unspecified atom stereocenters. The number of hydrogen-bond acceptors (Lipinski definition) is 1. The summed E-state index contributed by atoms with van der Waals surface area (Å²) in [5.41, 5.74) is 6.81. The Morgan fingerprint density at radius 1 is 0.957 bits per heavy atom. The fourth-order valence-corrected chi connectivity index (χ4v) is 3.61. The molecule has 0 bridgehead atoms. The molecule has 1 aliphatic rings. The molecule has 0 aliphatic carbocycles. The number of nitrogens with zero attached hydrogens (tertiary/aromatic N) is 1. The highest BCUT2D eigenvalue weighted by molar-refractivity contribution is 5.94. The average Bonchev–Trinajstić information content (AvgIpc) is 2.79. The maximum atomic E-state index is 5.66. The van der Waals surface area contributed by atoms with Gasteiger partial charge in [-0.2, -0.15) is 0 Å². The van der Waals surface area contributed by atoms with E-state index < -0.39 is 0 Å². The fraction of sp³-hybridized carbons (Fsp3) is 0.286. The first-order valence-corrected chi connectivity index (χ1v) is 8.32. The van der Waals surface area contributed by atoms with E-state index in [-0.39, 0.29) is 0 Å². The molecule has 1 aromatic heterocycles. The predicted octanol–water partition coefficient (Wildman–Crippen LogP) is 3.75. The molecule has 0 amide bonds. The largest absolute Gasteiger partial charge is 0.381 e. The van der Waals surface area contributed by atoms with Crippen LogP contribution < -0.4 is 4.57 Å². The zero-order valence-electron chi connectivity index (χ0n) is 13.8. The van der Waals surface area contributed by atoms with Crippen LogP contribution in [-0.4, -0.2) is 13.2 Å². The van der Waals surface area contributed by atoms with Crippen LogP contribution in [-0.2, 0) is 24.6 Å². The molecule has 4 rings (SSSR count). The maximum absolute atomic E-state index is 5.66. The lowest BCUT2D eigenvalue weighted by atomic mass is 9.94. The van der Waals surface area contributed by atoms with Crippen molar-refractivity contribution in [1.82, 2.24) is 0 Å². The van der Waals surface area contributed by atoms with Gasteiger partial charge < -0.3 is 4.74 Å². The number of pyridine rings is 1. The fourth-order valence-electron chi connectivity index (χ4n) is 3.61. The van der Waals surface area contributed by atoms with Gasteiger partial charge in [-0.15, -0.1) is 0 Å². The number of aryl methyl sites for hydroxylation is 2. The second-order valence-corrected chi connectivity index (χ2v) is 6.41. The third-order valence-electron chi connectivity index (χ3n) is 4.89. The molecular formula is C21H22NO+. The Hall–Kier alpha value is -2.19. The van der Waals surface area contributed by atoms with E-state index in [9.17, 15) is 0 Å². The van der Waals surface area contributed by atoms with Gasteiger partial charge in [0.05, 0.1) is 18.6 Å². The monoisotopic (exact) mass is 304 g/mol. The van der Waals surface area contributed by atoms with Crippen molar-refractivity contribution in [3.8, 4) is 11.3 Å². The molecule has 0 saturated carbocycles. The lowest BCUT2D eigenvalue weighted by Crippen LogP contribution is -2.30. The molecule has 0 N–H and O–H groups in total. The van der Waals surface area contributed by atoms with Crippen molar-refractivity contribution in [2.45, 2.75) is 19.8 Å². The molecule has 2 nitrogen and oxygen atoms in total. The summed E-state index contributed by atoms with van der Waals surface area (Å²) < 4.78 is 7.90. The zero-order chi connectivity index (χ0) is 15.8. The van der Waals surface area contributed by atoms with E-state index in [1.54, 1.807) is 0 Å². The van der Waals surface area contributed by atoms with Crippen molar-refractivity contribution in [1.29, 1.82) is 0 Å². The molecule has 1 aliphatic heterocycles. The molecule has 23 heavy (non-hydrogen) atoms. The average molecular weight is 304 g/mol. The summed E-state index contributed by atoms with van der Waals surface area (Å²) in [6.45, 7) is 3.85. The van der Waals surface area contributed by atoms with Gasteiger partial charge in [-0.1, -0.05) is 24.3 Å². The lowest BCUT2D eigenvalue weighted by Gasteiger charge is -2.11. The minimum absolute atomic E-state index is 0.831. The maximum Gasteiger partial charge on any atom is 0.220 e. The SMILES string of the molecule is Cc1ccccc1-c1c2cc3c(cc2cc[n+]1C)CCOCC3. The first-order valence-electron chi connectivity index (χ1n) is 8.32. The second-order valence-electron chi connectivity index (χ2n) is 6.41. The summed E-state index contributed by atoms with van der Waals surface area (Å²) in [5, 5.41) is 2.66. The van der Waals surface area contributed by atoms with Crippen LogP contribution in [0, 0.1) is 6.92 Å². The third-order valence-corrected chi connectivity index (χ3v) is 4.89. The number of ether oxygens (including phenoxy) is 1. The lowest BCUT2D eigenvalue weighted by molar-refractivity contribution is -0.659. The van der Waals surface area contributed by atoms with Crippen LogP contribution >= 0.6 is 0 Å². The molecule has 2 heteroatoms. The minimum atomic E-state index is 0.831. The van der Waals surface area contributed by atoms with Crippen molar-refractivity contribution in [3.05, 3.63) is 65.4 Å². The number of benzene rings is 2. The van der Waals surface area contributed by atoms with Crippen molar-refractivity contribution in [2.24, 2.45) is 7.05 Å². The molecule has 0 fully saturated rings. The van der Waals surface area contributed by atoms with E-state index in [0.29, 0.717) is 0 Å². The van der Waals surface area contributed by atoms with E-state index in [1.165, 1.54) is 38.7 Å². The smallest absolute Gasteiger partial charge is 0.220 e. The van der Waals surface area contributed by atoms with Crippen molar-refractivity contribution in [3.63, 3.8) is 0 Å². The van der Waals surface area contributed by atoms with Gasteiger partial charge in [-0.3, -0.25) is 0 Å². The van der Waals surface area contributed by atoms with E-state index in [2.05, 4.69) is 67.2 Å². The van der Waals surface area contributed by atoms with E-state index >= 15 is 0 Å². The Labute approximate surface area is 137 Å². The first kappa shape index (κ1) is 14.4. The number of aromatic nitrogens is 1. The van der Waals surface area contributed by atoms with E-state index in [4.69, 9.17) is 4.74 Å². The topological polar surface area (TPSA) is 13.1 Å². The highest BCUT2D eigenvalue weighted by atomic mass is 16.5. The Morgan fingerprint density at radius 2 is 1.70 bits per heavy atom. The second kappa shape index (κ2) is 5.78. The molecule has 2 aromatic carbocycles. The number of rotatable bonds is 1. The Kier molecular flexibility index (Phi) is 3.62. The minimum Gasteiger partial charge on any atom is -0.381 e. The molecule has 0 spiro atoms. The van der Waals surface area contributed by atoms with Gasteiger partial charge in [0, 0.05) is 11.6 Å². The van der Waals surface area contributed by atoms with Crippen molar-refractivity contribution in [2.75, 3.05) is 13.2 Å². The predicted molar refractivity (Wildman–Crippen MR) is 93.5 cm³/mol. The summed E-state index contributed by atoms with van der Waals surface area (Å²) in [6, 6.07) is 15.6. The summed E-state index contributed by atoms with van der Waals surface area (Å²) in [5.74, 6) is 0. The van der Waals surface area contributed by atoms with Gasteiger partial charge >= 0.3 is 0 Å². The molecule has 2 heterocycles. The molecule has 0 saturated heterocycles. The van der Waals surface area contributed by atoms with Crippen LogP contribution in [0.2, 0.25) is 0 Å². The third kappa shape index (κ3) is 2.53. The van der Waals surface area contributed by atoms with Crippen molar-refractivity contribution < 1.29 is 9.30 Å². The Bertz CT molecular complexity index is 882. The van der Waals surface area contributed by atoms with Gasteiger partial charge in [0.25, 0.3) is 0 Å². The molecule has 116 valence electrons.